The molecule has 32 heavy (non-hydrogen) atoms. The molecule has 182 valence electrons. The van der Waals surface area contributed by atoms with Gasteiger partial charge in [0.25, 0.3) is 0 Å². The first kappa shape index (κ1) is 29.2. The van der Waals surface area contributed by atoms with Crippen LogP contribution >= 0.6 is 31.9 Å². The van der Waals surface area contributed by atoms with Crippen LogP contribution in [0.2, 0.25) is 0 Å². The molecule has 0 heterocycles. The average Bonchev–Trinajstić information content (AvgIpc) is 2.67. The maximum absolute atomic E-state index is 13.2. The molecule has 6 heteroatoms. The van der Waals surface area contributed by atoms with E-state index in [1.54, 1.807) is 12.1 Å². The molecule has 0 aliphatic carbocycles. The Morgan fingerprint density at radius 2 is 1.06 bits per heavy atom. The Labute approximate surface area is 211 Å². The second-order valence-electron chi connectivity index (χ2n) is 10.6. The van der Waals surface area contributed by atoms with Gasteiger partial charge in [0.1, 0.15) is 12.2 Å². The van der Waals surface area contributed by atoms with Crippen LogP contribution in [0.1, 0.15) is 115 Å². The molecule has 0 fully saturated rings. The highest BCUT2D eigenvalue weighted by atomic mass is 79.9. The lowest BCUT2D eigenvalue weighted by molar-refractivity contribution is -0.0106. The Balaban J connectivity index is 3.27. The Hall–Kier alpha value is -0.880. The van der Waals surface area contributed by atoms with Crippen LogP contribution in [0.25, 0.3) is 0 Å². The van der Waals surface area contributed by atoms with Gasteiger partial charge in [0.2, 0.25) is 0 Å². The van der Waals surface area contributed by atoms with Crippen molar-refractivity contribution in [1.29, 1.82) is 0 Å². The van der Waals surface area contributed by atoms with Crippen LogP contribution in [0, 0.1) is 10.8 Å². The summed E-state index contributed by atoms with van der Waals surface area (Å²) >= 11 is 6.91. The molecule has 4 nitrogen and oxygen atoms in total. The van der Waals surface area contributed by atoms with Gasteiger partial charge in [-0.05, 0) is 67.7 Å². The fourth-order valence-corrected chi connectivity index (χ4v) is 4.07. The van der Waals surface area contributed by atoms with Gasteiger partial charge in [-0.2, -0.15) is 0 Å². The summed E-state index contributed by atoms with van der Waals surface area (Å²) in [6.07, 6.45) is 5.08. The molecular weight excluding hydrogens is 536 g/mol. The van der Waals surface area contributed by atoms with Crippen LogP contribution in [-0.4, -0.2) is 24.1 Å². The van der Waals surface area contributed by atoms with Crippen molar-refractivity contribution in [1.82, 2.24) is 0 Å². The smallest absolute Gasteiger partial charge is 0.339 e. The molecule has 0 aliphatic rings. The van der Waals surface area contributed by atoms with E-state index in [0.29, 0.717) is 8.95 Å². The van der Waals surface area contributed by atoms with Crippen molar-refractivity contribution in [2.45, 2.75) is 106 Å². The first-order chi connectivity index (χ1) is 14.7. The van der Waals surface area contributed by atoms with Crippen molar-refractivity contribution >= 4 is 43.8 Å². The number of benzene rings is 1. The van der Waals surface area contributed by atoms with Gasteiger partial charge in [-0.1, -0.05) is 81.1 Å². The standard InChI is InChI=1S/C26H40Br2O4/c1-9-11-13-21(25(3,4)5)31-23(29)17-15-19(27)20(28)16-18(17)24(30)32-22(14-12-10-2)26(6,7)8/h15-16,21-22H,9-14H2,1-8H3. The van der Waals surface area contributed by atoms with E-state index in [4.69, 9.17) is 9.47 Å². The van der Waals surface area contributed by atoms with Crippen molar-refractivity contribution in [3.05, 3.63) is 32.2 Å². The topological polar surface area (TPSA) is 52.6 Å². The highest BCUT2D eigenvalue weighted by Gasteiger charge is 2.33. The quantitative estimate of drug-likeness (QED) is 0.262. The number of hydrogen-bond acceptors (Lipinski definition) is 4. The summed E-state index contributed by atoms with van der Waals surface area (Å²) in [5.41, 5.74) is 0.0449. The molecule has 0 saturated heterocycles. The van der Waals surface area contributed by atoms with Gasteiger partial charge in [0.05, 0.1) is 11.1 Å². The summed E-state index contributed by atoms with van der Waals surface area (Å²) in [5.74, 6) is -0.996. The SMILES string of the molecule is CCCCC(OC(=O)c1cc(Br)c(Br)cc1C(=O)OC(CCCC)C(C)(C)C)C(C)(C)C. The number of hydrogen-bond donors (Lipinski definition) is 0. The third-order valence-corrected chi connectivity index (χ3v) is 7.41. The zero-order chi connectivity index (χ0) is 24.7. The minimum atomic E-state index is -0.498. The van der Waals surface area contributed by atoms with Crippen LogP contribution in [0.3, 0.4) is 0 Å². The number of unbranched alkanes of at least 4 members (excludes halogenated alkanes) is 2. The van der Waals surface area contributed by atoms with E-state index in [1.165, 1.54) is 0 Å². The monoisotopic (exact) mass is 574 g/mol. The van der Waals surface area contributed by atoms with E-state index >= 15 is 0 Å². The van der Waals surface area contributed by atoms with Crippen molar-refractivity contribution in [2.75, 3.05) is 0 Å². The van der Waals surface area contributed by atoms with E-state index < -0.39 is 11.9 Å². The fourth-order valence-electron chi connectivity index (χ4n) is 3.39. The van der Waals surface area contributed by atoms with Gasteiger partial charge in [-0.25, -0.2) is 9.59 Å². The summed E-state index contributed by atoms with van der Waals surface area (Å²) < 4.78 is 13.2. The summed E-state index contributed by atoms with van der Waals surface area (Å²) in [6.45, 7) is 16.6. The van der Waals surface area contributed by atoms with E-state index in [0.717, 1.165) is 38.5 Å². The molecule has 1 aromatic carbocycles. The molecule has 0 bridgehead atoms. The molecule has 0 aliphatic heterocycles. The summed E-state index contributed by atoms with van der Waals surface area (Å²) in [6, 6.07) is 3.28. The molecular formula is C26H40Br2O4. The normalized spacial score (nSPS) is 14.1. The molecule has 1 rings (SSSR count). The van der Waals surface area contributed by atoms with Crippen molar-refractivity contribution in [2.24, 2.45) is 10.8 Å². The number of carbonyl (C=O) groups is 2. The third-order valence-electron chi connectivity index (χ3n) is 5.57. The number of rotatable bonds is 10. The molecule has 0 N–H and O–H groups in total. The van der Waals surface area contributed by atoms with Gasteiger partial charge in [-0.15, -0.1) is 0 Å². The molecule has 2 unspecified atom stereocenters. The van der Waals surface area contributed by atoms with Crippen LogP contribution < -0.4 is 0 Å². The number of carbonyl (C=O) groups excluding carboxylic acids is 2. The number of ether oxygens (including phenoxy) is 2. The third kappa shape index (κ3) is 8.81. The minimum Gasteiger partial charge on any atom is -0.458 e. The van der Waals surface area contributed by atoms with E-state index in [9.17, 15) is 9.59 Å². The molecule has 0 amide bonds. The summed E-state index contributed by atoms with van der Waals surface area (Å²) in [4.78, 5) is 26.5. The number of halogens is 2. The first-order valence-electron chi connectivity index (χ1n) is 11.6. The second-order valence-corrected chi connectivity index (χ2v) is 12.3. The van der Waals surface area contributed by atoms with Crippen molar-refractivity contribution in [3.8, 4) is 0 Å². The maximum Gasteiger partial charge on any atom is 0.339 e. The number of esters is 2. The molecule has 0 aromatic heterocycles. The van der Waals surface area contributed by atoms with Crippen LogP contribution in [-0.2, 0) is 9.47 Å². The minimum absolute atomic E-state index is 0.199. The van der Waals surface area contributed by atoms with E-state index in [-0.39, 0.29) is 34.2 Å². The fraction of sp³-hybridized carbons (Fsp3) is 0.692. The van der Waals surface area contributed by atoms with Gasteiger partial charge in [-0.3, -0.25) is 0 Å². The lowest BCUT2D eigenvalue weighted by atomic mass is 9.86. The van der Waals surface area contributed by atoms with Crippen molar-refractivity contribution < 1.29 is 19.1 Å². The predicted molar refractivity (Wildman–Crippen MR) is 138 cm³/mol. The molecule has 0 spiro atoms. The average molecular weight is 576 g/mol. The molecule has 1 aromatic rings. The Morgan fingerprint density at radius 1 is 0.750 bits per heavy atom. The van der Waals surface area contributed by atoms with Gasteiger partial charge in [0.15, 0.2) is 0 Å². The zero-order valence-corrected chi connectivity index (χ0v) is 24.1. The summed E-state index contributed by atoms with van der Waals surface area (Å²) in [7, 11) is 0. The lowest BCUT2D eigenvalue weighted by Gasteiger charge is -2.31. The summed E-state index contributed by atoms with van der Waals surface area (Å²) in [5, 5.41) is 0. The van der Waals surface area contributed by atoms with Crippen LogP contribution in [0.5, 0.6) is 0 Å². The maximum atomic E-state index is 13.2. The Kier molecular flexibility index (Phi) is 11.4. The lowest BCUT2D eigenvalue weighted by Crippen LogP contribution is -2.33. The first-order valence-corrected chi connectivity index (χ1v) is 13.2. The van der Waals surface area contributed by atoms with Crippen LogP contribution in [0.4, 0.5) is 0 Å². The van der Waals surface area contributed by atoms with Gasteiger partial charge in [0, 0.05) is 8.95 Å². The largest absolute Gasteiger partial charge is 0.458 e. The molecule has 0 saturated carbocycles. The van der Waals surface area contributed by atoms with Gasteiger partial charge >= 0.3 is 11.9 Å². The van der Waals surface area contributed by atoms with E-state index in [1.807, 2.05) is 0 Å². The van der Waals surface area contributed by atoms with Gasteiger partial charge < -0.3 is 9.47 Å². The molecule has 0 radical (unpaired) electrons. The zero-order valence-electron chi connectivity index (χ0n) is 20.9. The Bertz CT molecular complexity index is 710. The second kappa shape index (κ2) is 12.5. The van der Waals surface area contributed by atoms with Crippen LogP contribution in [0.15, 0.2) is 21.1 Å². The predicted octanol–water partition coefficient (Wildman–Crippen LogP) is 8.74. The van der Waals surface area contributed by atoms with E-state index in [2.05, 4.69) is 87.2 Å². The van der Waals surface area contributed by atoms with Crippen molar-refractivity contribution in [3.63, 3.8) is 0 Å². The molecule has 2 atom stereocenters. The highest BCUT2D eigenvalue weighted by molar-refractivity contribution is 9.13. The Morgan fingerprint density at radius 3 is 1.31 bits per heavy atom. The highest BCUT2D eigenvalue weighted by Crippen LogP contribution is 2.33.